The number of aryl methyl sites for hydroxylation is 1. The molecule has 0 atom stereocenters. The maximum atomic E-state index is 13.9. The second-order valence-corrected chi connectivity index (χ2v) is 7.00. The Morgan fingerprint density at radius 3 is 2.96 bits per heavy atom. The Balaban J connectivity index is 1.79. The summed E-state index contributed by atoms with van der Waals surface area (Å²) in [4.78, 5) is 9.18. The molecule has 0 aliphatic carbocycles. The van der Waals surface area contributed by atoms with Crippen LogP contribution in [0.5, 0.6) is 0 Å². The number of aromatic nitrogens is 4. The number of nitrogens with zero attached hydrogens (tertiary/aromatic N) is 4. The van der Waals surface area contributed by atoms with Crippen LogP contribution in [0, 0.1) is 12.7 Å². The average molecular weight is 367 g/mol. The Labute approximate surface area is 154 Å². The first kappa shape index (κ1) is 15.6. The van der Waals surface area contributed by atoms with Gasteiger partial charge in [-0.2, -0.15) is 0 Å². The van der Waals surface area contributed by atoms with E-state index in [2.05, 4.69) is 21.8 Å². The third-order valence-electron chi connectivity index (χ3n) is 5.07. The van der Waals surface area contributed by atoms with E-state index in [1.807, 2.05) is 16.7 Å². The molecule has 4 heterocycles. The van der Waals surface area contributed by atoms with Crippen LogP contribution in [0.25, 0.3) is 28.2 Å². The Morgan fingerprint density at radius 2 is 2.08 bits per heavy atom. The summed E-state index contributed by atoms with van der Waals surface area (Å²) in [6, 6.07) is 7.23. The van der Waals surface area contributed by atoms with Crippen molar-refractivity contribution in [3.63, 3.8) is 0 Å². The Bertz CT molecular complexity index is 1160. The molecule has 1 aliphatic rings. The summed E-state index contributed by atoms with van der Waals surface area (Å²) >= 11 is 6.49. The third kappa shape index (κ3) is 2.20. The summed E-state index contributed by atoms with van der Waals surface area (Å²) in [5.74, 6) is 0.755. The summed E-state index contributed by atoms with van der Waals surface area (Å²) in [6.07, 6.45) is 7.78. The molecule has 0 amide bonds. The van der Waals surface area contributed by atoms with Crippen LogP contribution in [-0.4, -0.2) is 18.9 Å². The molecular formula is C20H16ClFN4. The molecule has 26 heavy (non-hydrogen) atoms. The van der Waals surface area contributed by atoms with Crippen molar-refractivity contribution in [2.45, 2.75) is 26.3 Å². The van der Waals surface area contributed by atoms with Crippen molar-refractivity contribution in [2.75, 3.05) is 0 Å². The highest BCUT2D eigenvalue weighted by Gasteiger charge is 2.25. The van der Waals surface area contributed by atoms with Gasteiger partial charge in [0, 0.05) is 48.2 Å². The van der Waals surface area contributed by atoms with Gasteiger partial charge in [0.25, 0.3) is 0 Å². The molecule has 4 aromatic rings. The quantitative estimate of drug-likeness (QED) is 0.505. The lowest BCUT2D eigenvalue weighted by Crippen LogP contribution is -1.98. The molecule has 1 aromatic carbocycles. The first-order chi connectivity index (χ1) is 12.6. The first-order valence-electron chi connectivity index (χ1n) is 8.61. The maximum absolute atomic E-state index is 13.9. The molecule has 1 aliphatic heterocycles. The standard InChI is InChI=1S/C20H16ClFN4/c1-12-15(22)6-5-14(18(12)21)19-20(26-9-2-3-17(26)24-19)13-4-7-16-23-8-10-25(16)11-13/h4-8,10-11H,2-3,9H2,1H3. The van der Waals surface area contributed by atoms with Gasteiger partial charge in [-0.15, -0.1) is 0 Å². The van der Waals surface area contributed by atoms with Gasteiger partial charge in [-0.25, -0.2) is 14.4 Å². The van der Waals surface area contributed by atoms with Gasteiger partial charge in [0.2, 0.25) is 0 Å². The Kier molecular flexibility index (Phi) is 3.40. The minimum absolute atomic E-state index is 0.299. The SMILES string of the molecule is Cc1c(F)ccc(-c2nc3n(c2-c2ccc4nccn4c2)CCC3)c1Cl. The van der Waals surface area contributed by atoms with Crippen LogP contribution in [0.3, 0.4) is 0 Å². The number of hydrogen-bond acceptors (Lipinski definition) is 2. The lowest BCUT2D eigenvalue weighted by atomic mass is 10.0. The first-order valence-corrected chi connectivity index (χ1v) is 8.99. The molecule has 0 spiro atoms. The van der Waals surface area contributed by atoms with E-state index in [1.54, 1.807) is 19.2 Å². The van der Waals surface area contributed by atoms with Crippen LogP contribution in [0.15, 0.2) is 42.9 Å². The number of benzene rings is 1. The highest BCUT2D eigenvalue weighted by molar-refractivity contribution is 6.34. The van der Waals surface area contributed by atoms with Crippen LogP contribution >= 0.6 is 11.6 Å². The van der Waals surface area contributed by atoms with E-state index in [0.717, 1.165) is 53.4 Å². The van der Waals surface area contributed by atoms with Crippen LogP contribution in [0.4, 0.5) is 4.39 Å². The van der Waals surface area contributed by atoms with Crippen LogP contribution < -0.4 is 0 Å². The monoisotopic (exact) mass is 366 g/mol. The summed E-state index contributed by atoms with van der Waals surface area (Å²) in [6.45, 7) is 2.62. The average Bonchev–Trinajstić information content (AvgIpc) is 3.34. The molecular weight excluding hydrogens is 351 g/mol. The summed E-state index contributed by atoms with van der Waals surface area (Å²) in [5, 5.41) is 0.423. The van der Waals surface area contributed by atoms with Crippen LogP contribution in [0.1, 0.15) is 17.8 Å². The highest BCUT2D eigenvalue weighted by atomic mass is 35.5. The normalized spacial score (nSPS) is 13.5. The lowest BCUT2D eigenvalue weighted by molar-refractivity contribution is 0.619. The van der Waals surface area contributed by atoms with Crippen molar-refractivity contribution < 1.29 is 4.39 Å². The van der Waals surface area contributed by atoms with Gasteiger partial charge in [-0.3, -0.25) is 0 Å². The second-order valence-electron chi connectivity index (χ2n) is 6.62. The summed E-state index contributed by atoms with van der Waals surface area (Å²) < 4.78 is 18.1. The fourth-order valence-corrected chi connectivity index (χ4v) is 3.95. The van der Waals surface area contributed by atoms with Gasteiger partial charge in [0.05, 0.1) is 16.4 Å². The van der Waals surface area contributed by atoms with Gasteiger partial charge >= 0.3 is 0 Å². The van der Waals surface area contributed by atoms with E-state index < -0.39 is 0 Å². The number of hydrogen-bond donors (Lipinski definition) is 0. The van der Waals surface area contributed by atoms with E-state index >= 15 is 0 Å². The molecule has 5 rings (SSSR count). The van der Waals surface area contributed by atoms with Crippen LogP contribution in [0.2, 0.25) is 5.02 Å². The molecule has 0 radical (unpaired) electrons. The minimum Gasteiger partial charge on any atom is -0.327 e. The van der Waals surface area contributed by atoms with Crippen molar-refractivity contribution in [2.24, 2.45) is 0 Å². The smallest absolute Gasteiger partial charge is 0.136 e. The molecule has 4 nitrogen and oxygen atoms in total. The fraction of sp³-hybridized carbons (Fsp3) is 0.200. The lowest BCUT2D eigenvalue weighted by Gasteiger charge is -2.11. The van der Waals surface area contributed by atoms with Gasteiger partial charge in [-0.1, -0.05) is 11.6 Å². The predicted octanol–water partition coefficient (Wildman–Crippen LogP) is 4.91. The zero-order chi connectivity index (χ0) is 17.8. The number of imidazole rings is 2. The fourth-order valence-electron chi connectivity index (χ4n) is 3.71. The summed E-state index contributed by atoms with van der Waals surface area (Å²) in [5.41, 5.74) is 5.01. The molecule has 0 N–H and O–H groups in total. The largest absolute Gasteiger partial charge is 0.327 e. The van der Waals surface area contributed by atoms with Gasteiger partial charge in [-0.05, 0) is 37.6 Å². The van der Waals surface area contributed by atoms with Gasteiger partial charge < -0.3 is 8.97 Å². The van der Waals surface area contributed by atoms with Crippen molar-refractivity contribution in [1.29, 1.82) is 0 Å². The Morgan fingerprint density at radius 1 is 1.19 bits per heavy atom. The van der Waals surface area contributed by atoms with E-state index in [9.17, 15) is 4.39 Å². The van der Waals surface area contributed by atoms with Crippen molar-refractivity contribution in [3.8, 4) is 22.5 Å². The number of pyridine rings is 1. The number of rotatable bonds is 2. The Hall–Kier alpha value is -2.66. The van der Waals surface area contributed by atoms with Crippen LogP contribution in [-0.2, 0) is 13.0 Å². The molecule has 0 saturated heterocycles. The molecule has 6 heteroatoms. The number of fused-ring (bicyclic) bond motifs is 2. The molecule has 0 bridgehead atoms. The molecule has 3 aromatic heterocycles. The van der Waals surface area contributed by atoms with E-state index in [-0.39, 0.29) is 5.82 Å². The molecule has 0 saturated carbocycles. The zero-order valence-electron chi connectivity index (χ0n) is 14.2. The number of halogens is 2. The van der Waals surface area contributed by atoms with Crippen molar-refractivity contribution in [3.05, 3.63) is 65.1 Å². The predicted molar refractivity (Wildman–Crippen MR) is 99.9 cm³/mol. The molecule has 130 valence electrons. The molecule has 0 unspecified atom stereocenters. The van der Waals surface area contributed by atoms with E-state index in [0.29, 0.717) is 10.6 Å². The molecule has 0 fully saturated rings. The maximum Gasteiger partial charge on any atom is 0.136 e. The second kappa shape index (κ2) is 5.68. The summed E-state index contributed by atoms with van der Waals surface area (Å²) in [7, 11) is 0. The zero-order valence-corrected chi connectivity index (χ0v) is 15.0. The topological polar surface area (TPSA) is 35.1 Å². The third-order valence-corrected chi connectivity index (χ3v) is 5.55. The van der Waals surface area contributed by atoms with E-state index in [1.165, 1.54) is 6.07 Å². The van der Waals surface area contributed by atoms with E-state index in [4.69, 9.17) is 16.6 Å². The van der Waals surface area contributed by atoms with Crippen molar-refractivity contribution >= 4 is 17.2 Å². The van der Waals surface area contributed by atoms with Crippen molar-refractivity contribution in [1.82, 2.24) is 18.9 Å². The highest BCUT2D eigenvalue weighted by Crippen LogP contribution is 2.39. The minimum atomic E-state index is -0.299. The van der Waals surface area contributed by atoms with Gasteiger partial charge in [0.15, 0.2) is 0 Å². The van der Waals surface area contributed by atoms with Gasteiger partial charge in [0.1, 0.15) is 17.3 Å².